The number of hydrogen-bond donors (Lipinski definition) is 1. The molecule has 1 heterocycles. The van der Waals surface area contributed by atoms with Crippen LogP contribution >= 0.6 is 55.0 Å². The molecule has 1 aromatic heterocycles. The van der Waals surface area contributed by atoms with Crippen molar-refractivity contribution in [3.05, 3.63) is 49.5 Å². The summed E-state index contributed by atoms with van der Waals surface area (Å²) in [5.74, 6) is 0. The Morgan fingerprint density at radius 1 is 1.12 bits per heavy atom. The van der Waals surface area contributed by atoms with Gasteiger partial charge in [0.25, 0.3) is 0 Å². The smallest absolute Gasteiger partial charge is 0.0701 e. The minimum absolute atomic E-state index is 0.326. The number of thioether (sulfide) groups is 1. The summed E-state index contributed by atoms with van der Waals surface area (Å²) in [7, 11) is 0. The fourth-order valence-electron chi connectivity index (χ4n) is 1.40. The molecular formula is C12H11Br2NS2. The van der Waals surface area contributed by atoms with Crippen molar-refractivity contribution in [2.75, 3.05) is 6.54 Å². The predicted molar refractivity (Wildman–Crippen MR) is 83.8 cm³/mol. The molecule has 1 aromatic carbocycles. The summed E-state index contributed by atoms with van der Waals surface area (Å²) in [5.41, 5.74) is 5.85. The van der Waals surface area contributed by atoms with Gasteiger partial charge in [0.2, 0.25) is 0 Å². The molecule has 1 atom stereocenters. The van der Waals surface area contributed by atoms with Gasteiger partial charge in [0, 0.05) is 20.8 Å². The van der Waals surface area contributed by atoms with Crippen LogP contribution in [0.2, 0.25) is 0 Å². The van der Waals surface area contributed by atoms with Crippen molar-refractivity contribution >= 4 is 55.0 Å². The fraction of sp³-hybridized carbons (Fsp3) is 0.167. The summed E-state index contributed by atoms with van der Waals surface area (Å²) < 4.78 is 2.26. The monoisotopic (exact) mass is 391 g/mol. The van der Waals surface area contributed by atoms with Gasteiger partial charge in [-0.3, -0.25) is 0 Å². The van der Waals surface area contributed by atoms with E-state index in [4.69, 9.17) is 5.73 Å². The third kappa shape index (κ3) is 3.83. The SMILES string of the molecule is NCC(Sc1ccc(Br)cc1)c1ccc(Br)s1. The van der Waals surface area contributed by atoms with E-state index in [1.165, 1.54) is 9.77 Å². The van der Waals surface area contributed by atoms with Crippen LogP contribution in [0.3, 0.4) is 0 Å². The Hall–Kier alpha value is 0.190. The van der Waals surface area contributed by atoms with E-state index in [0.29, 0.717) is 11.8 Å². The van der Waals surface area contributed by atoms with E-state index in [0.717, 1.165) is 8.26 Å². The zero-order valence-corrected chi connectivity index (χ0v) is 13.7. The lowest BCUT2D eigenvalue weighted by molar-refractivity contribution is 0.960. The molecule has 90 valence electrons. The average Bonchev–Trinajstić information content (AvgIpc) is 2.75. The van der Waals surface area contributed by atoms with Crippen LogP contribution in [0.1, 0.15) is 10.1 Å². The molecule has 0 aliphatic rings. The maximum atomic E-state index is 5.85. The number of thiophene rings is 1. The van der Waals surface area contributed by atoms with Crippen molar-refractivity contribution in [3.8, 4) is 0 Å². The van der Waals surface area contributed by atoms with Crippen LogP contribution in [0.15, 0.2) is 49.6 Å². The lowest BCUT2D eigenvalue weighted by atomic mass is 10.3. The second kappa shape index (κ2) is 6.38. The quantitative estimate of drug-likeness (QED) is 0.735. The fourth-order valence-corrected chi connectivity index (χ4v) is 4.28. The molecule has 0 fully saturated rings. The van der Waals surface area contributed by atoms with Crippen molar-refractivity contribution in [2.24, 2.45) is 5.73 Å². The van der Waals surface area contributed by atoms with E-state index in [2.05, 4.69) is 68.3 Å². The zero-order valence-electron chi connectivity index (χ0n) is 8.90. The lowest BCUT2D eigenvalue weighted by Gasteiger charge is -2.12. The summed E-state index contributed by atoms with van der Waals surface area (Å²) in [5, 5.41) is 0.326. The first kappa shape index (κ1) is 13.6. The van der Waals surface area contributed by atoms with Crippen molar-refractivity contribution in [1.29, 1.82) is 0 Å². The molecule has 2 rings (SSSR count). The zero-order chi connectivity index (χ0) is 12.3. The molecule has 0 aliphatic heterocycles. The molecule has 0 bridgehead atoms. The van der Waals surface area contributed by atoms with Gasteiger partial charge in [-0.2, -0.15) is 0 Å². The molecular weight excluding hydrogens is 382 g/mol. The first-order chi connectivity index (χ1) is 8.19. The van der Waals surface area contributed by atoms with Crippen LogP contribution in [0.5, 0.6) is 0 Å². The molecule has 0 aliphatic carbocycles. The van der Waals surface area contributed by atoms with Crippen LogP contribution in [-0.4, -0.2) is 6.54 Å². The van der Waals surface area contributed by atoms with Gasteiger partial charge in [-0.15, -0.1) is 23.1 Å². The Morgan fingerprint density at radius 2 is 1.82 bits per heavy atom. The molecule has 0 amide bonds. The number of hydrogen-bond acceptors (Lipinski definition) is 3. The molecule has 1 unspecified atom stereocenters. The molecule has 0 saturated carbocycles. The predicted octanol–water partition coefficient (Wildman–Crippen LogP) is 5.07. The van der Waals surface area contributed by atoms with Crippen molar-refractivity contribution in [1.82, 2.24) is 0 Å². The summed E-state index contributed by atoms with van der Waals surface area (Å²) >= 11 is 10.5. The van der Waals surface area contributed by atoms with Crippen molar-refractivity contribution < 1.29 is 0 Å². The molecule has 2 aromatic rings. The number of nitrogens with two attached hydrogens (primary N) is 1. The van der Waals surface area contributed by atoms with Gasteiger partial charge in [-0.25, -0.2) is 0 Å². The van der Waals surface area contributed by atoms with Gasteiger partial charge in [0.1, 0.15) is 0 Å². The Bertz CT molecular complexity index is 482. The van der Waals surface area contributed by atoms with Crippen LogP contribution in [0.4, 0.5) is 0 Å². The normalized spacial score (nSPS) is 12.6. The minimum atomic E-state index is 0.326. The summed E-state index contributed by atoms with van der Waals surface area (Å²) in [6.45, 7) is 0.647. The van der Waals surface area contributed by atoms with Crippen molar-refractivity contribution in [3.63, 3.8) is 0 Å². The van der Waals surface area contributed by atoms with E-state index in [1.54, 1.807) is 11.3 Å². The number of benzene rings is 1. The van der Waals surface area contributed by atoms with Gasteiger partial charge >= 0.3 is 0 Å². The molecule has 0 radical (unpaired) electrons. The Balaban J connectivity index is 2.12. The second-order valence-corrected chi connectivity index (χ2v) is 8.12. The van der Waals surface area contributed by atoms with Gasteiger partial charge in [0.15, 0.2) is 0 Å². The molecule has 2 N–H and O–H groups in total. The standard InChI is InChI=1S/C12H11Br2NS2/c13-8-1-3-9(4-2-8)16-11(7-15)10-5-6-12(14)17-10/h1-6,11H,7,15H2. The lowest BCUT2D eigenvalue weighted by Crippen LogP contribution is -2.07. The maximum Gasteiger partial charge on any atom is 0.0701 e. The number of rotatable bonds is 4. The van der Waals surface area contributed by atoms with Gasteiger partial charge < -0.3 is 5.73 Å². The number of halogens is 2. The summed E-state index contributed by atoms with van der Waals surface area (Å²) in [6.07, 6.45) is 0. The van der Waals surface area contributed by atoms with E-state index in [9.17, 15) is 0 Å². The van der Waals surface area contributed by atoms with Crippen LogP contribution in [0, 0.1) is 0 Å². The van der Waals surface area contributed by atoms with Gasteiger partial charge in [0.05, 0.1) is 9.04 Å². The topological polar surface area (TPSA) is 26.0 Å². The Kier molecular flexibility index (Phi) is 5.11. The highest BCUT2D eigenvalue weighted by Crippen LogP contribution is 2.39. The first-order valence-corrected chi connectivity index (χ1v) is 8.35. The van der Waals surface area contributed by atoms with Crippen LogP contribution in [-0.2, 0) is 0 Å². The third-order valence-corrected chi connectivity index (χ3v) is 5.91. The summed E-state index contributed by atoms with van der Waals surface area (Å²) in [6, 6.07) is 12.5. The maximum absolute atomic E-state index is 5.85. The van der Waals surface area contributed by atoms with E-state index >= 15 is 0 Å². The van der Waals surface area contributed by atoms with E-state index < -0.39 is 0 Å². The molecule has 1 nitrogen and oxygen atoms in total. The molecule has 17 heavy (non-hydrogen) atoms. The third-order valence-electron chi connectivity index (χ3n) is 2.22. The molecule has 5 heteroatoms. The average molecular weight is 393 g/mol. The minimum Gasteiger partial charge on any atom is -0.329 e. The highest BCUT2D eigenvalue weighted by molar-refractivity contribution is 9.11. The van der Waals surface area contributed by atoms with E-state index in [-0.39, 0.29) is 0 Å². The summed E-state index contributed by atoms with van der Waals surface area (Å²) in [4.78, 5) is 2.56. The van der Waals surface area contributed by atoms with Crippen LogP contribution in [0.25, 0.3) is 0 Å². The van der Waals surface area contributed by atoms with Crippen molar-refractivity contribution in [2.45, 2.75) is 10.1 Å². The van der Waals surface area contributed by atoms with Gasteiger partial charge in [-0.1, -0.05) is 15.9 Å². The molecule has 0 saturated heterocycles. The highest BCUT2D eigenvalue weighted by Gasteiger charge is 2.13. The molecule has 0 spiro atoms. The van der Waals surface area contributed by atoms with E-state index in [1.807, 2.05) is 11.8 Å². The largest absolute Gasteiger partial charge is 0.329 e. The highest BCUT2D eigenvalue weighted by atomic mass is 79.9. The first-order valence-electron chi connectivity index (χ1n) is 5.06. The second-order valence-electron chi connectivity index (χ2n) is 3.44. The van der Waals surface area contributed by atoms with Gasteiger partial charge in [-0.05, 0) is 52.3 Å². The van der Waals surface area contributed by atoms with Crippen LogP contribution < -0.4 is 5.73 Å². The Morgan fingerprint density at radius 3 is 2.35 bits per heavy atom. The Labute approximate surface area is 126 Å².